The molecule has 0 spiro atoms. The average Bonchev–Trinajstić information content (AvgIpc) is 3.36. The molecule has 37 heavy (non-hydrogen) atoms. The molecule has 200 valence electrons. The number of guanidine groups is 1. The van der Waals surface area contributed by atoms with Crippen LogP contribution in [0.3, 0.4) is 0 Å². The predicted molar refractivity (Wildman–Crippen MR) is 148 cm³/mol. The highest BCUT2D eigenvalue weighted by atomic mass is 35.5. The Morgan fingerprint density at radius 3 is 2.43 bits per heavy atom. The first-order valence-electron chi connectivity index (χ1n) is 12.7. The summed E-state index contributed by atoms with van der Waals surface area (Å²) in [4.78, 5) is 6.99. The second-order valence-corrected chi connectivity index (χ2v) is 11.0. The smallest absolute Gasteiger partial charge is 0.303 e. The van der Waals surface area contributed by atoms with Gasteiger partial charge < -0.3 is 4.74 Å². The van der Waals surface area contributed by atoms with Crippen LogP contribution < -0.4 is 4.72 Å². The minimum atomic E-state index is -3.79. The van der Waals surface area contributed by atoms with Crippen LogP contribution in [-0.4, -0.2) is 93.3 Å². The molecule has 0 aliphatic carbocycles. The minimum absolute atomic E-state index is 0.0650. The van der Waals surface area contributed by atoms with Gasteiger partial charge in [-0.05, 0) is 23.3 Å². The van der Waals surface area contributed by atoms with E-state index in [0.717, 1.165) is 29.9 Å². The maximum absolute atomic E-state index is 13.2. The molecule has 4 rings (SSSR count). The molecule has 2 heterocycles. The van der Waals surface area contributed by atoms with Crippen LogP contribution in [0, 0.1) is 0 Å². The summed E-state index contributed by atoms with van der Waals surface area (Å²) in [6.45, 7) is 9.04. The summed E-state index contributed by atoms with van der Waals surface area (Å²) in [6.07, 6.45) is 0. The van der Waals surface area contributed by atoms with Gasteiger partial charge in [0.25, 0.3) is 0 Å². The lowest BCUT2D eigenvalue weighted by atomic mass is 9.91. The van der Waals surface area contributed by atoms with Crippen molar-refractivity contribution in [3.63, 3.8) is 0 Å². The normalized spacial score (nSPS) is 19.4. The van der Waals surface area contributed by atoms with Crippen molar-refractivity contribution in [2.45, 2.75) is 19.8 Å². The van der Waals surface area contributed by atoms with Gasteiger partial charge in [0, 0.05) is 43.7 Å². The third kappa shape index (κ3) is 7.08. The number of benzene rings is 2. The van der Waals surface area contributed by atoms with Crippen molar-refractivity contribution < 1.29 is 13.2 Å². The number of hydrogen-bond donors (Lipinski definition) is 1. The van der Waals surface area contributed by atoms with Crippen molar-refractivity contribution in [1.82, 2.24) is 18.9 Å². The Kier molecular flexibility index (Phi) is 9.55. The number of halogens is 1. The third-order valence-electron chi connectivity index (χ3n) is 6.55. The molecule has 0 amide bonds. The van der Waals surface area contributed by atoms with Crippen molar-refractivity contribution in [1.29, 1.82) is 0 Å². The van der Waals surface area contributed by atoms with E-state index in [0.29, 0.717) is 51.0 Å². The van der Waals surface area contributed by atoms with Gasteiger partial charge in [-0.3, -0.25) is 4.90 Å². The van der Waals surface area contributed by atoms with E-state index >= 15 is 0 Å². The first kappa shape index (κ1) is 27.5. The highest BCUT2D eigenvalue weighted by molar-refractivity contribution is 7.87. The molecule has 1 atom stereocenters. The third-order valence-corrected chi connectivity index (χ3v) is 8.44. The fraction of sp³-hybridized carbons (Fsp3) is 0.462. The lowest BCUT2D eigenvalue weighted by Crippen LogP contribution is -2.48. The van der Waals surface area contributed by atoms with E-state index in [-0.39, 0.29) is 11.9 Å². The quantitative estimate of drug-likeness (QED) is 0.386. The molecule has 0 saturated carbocycles. The molecule has 1 N–H and O–H groups in total. The molecule has 0 bridgehead atoms. The zero-order chi connectivity index (χ0) is 26.3. The lowest BCUT2D eigenvalue weighted by Gasteiger charge is -2.26. The number of hydrazone groups is 1. The van der Waals surface area contributed by atoms with Crippen molar-refractivity contribution >= 4 is 33.5 Å². The summed E-state index contributed by atoms with van der Waals surface area (Å²) >= 11 is 6.14. The van der Waals surface area contributed by atoms with Gasteiger partial charge in [0.2, 0.25) is 5.96 Å². The molecule has 11 heteroatoms. The molecular formula is C26H35ClN6O3S. The second kappa shape index (κ2) is 12.8. The van der Waals surface area contributed by atoms with Crippen molar-refractivity contribution in [2.24, 2.45) is 10.1 Å². The van der Waals surface area contributed by atoms with Crippen molar-refractivity contribution in [3.8, 4) is 0 Å². The molecule has 0 aromatic heterocycles. The Bertz CT molecular complexity index is 1180. The Morgan fingerprint density at radius 1 is 1.11 bits per heavy atom. The summed E-state index contributed by atoms with van der Waals surface area (Å²) in [5.41, 5.74) is 2.86. The van der Waals surface area contributed by atoms with Crippen LogP contribution in [0.25, 0.3) is 0 Å². The van der Waals surface area contributed by atoms with Crippen LogP contribution in [0.5, 0.6) is 0 Å². The number of hydrogen-bond acceptors (Lipinski definition) is 6. The number of aliphatic imine (C=N–C) groups is 1. The lowest BCUT2D eigenvalue weighted by molar-refractivity contribution is 0.0394. The fourth-order valence-corrected chi connectivity index (χ4v) is 5.83. The average molecular weight is 547 g/mol. The van der Waals surface area contributed by atoms with E-state index in [1.165, 1.54) is 4.31 Å². The van der Waals surface area contributed by atoms with Gasteiger partial charge in [-0.25, -0.2) is 14.7 Å². The van der Waals surface area contributed by atoms with Crippen LogP contribution in [0.2, 0.25) is 5.02 Å². The Morgan fingerprint density at radius 2 is 1.78 bits per heavy atom. The van der Waals surface area contributed by atoms with Gasteiger partial charge in [0.1, 0.15) is 0 Å². The highest BCUT2D eigenvalue weighted by Crippen LogP contribution is 2.29. The Hall–Kier alpha value is -2.50. The van der Waals surface area contributed by atoms with Gasteiger partial charge in [-0.2, -0.15) is 17.8 Å². The van der Waals surface area contributed by atoms with Crippen molar-refractivity contribution in [3.05, 3.63) is 70.7 Å². The molecular weight excluding hydrogens is 512 g/mol. The van der Waals surface area contributed by atoms with Crippen LogP contribution in [0.1, 0.15) is 30.9 Å². The van der Waals surface area contributed by atoms with E-state index in [9.17, 15) is 8.42 Å². The maximum Gasteiger partial charge on any atom is 0.303 e. The van der Waals surface area contributed by atoms with E-state index in [4.69, 9.17) is 26.4 Å². The number of ether oxygens (including phenoxy) is 1. The SMILES string of the molecule is CCN(CC)S(=O)(=O)NC(=NCCN1CCOCC1)N1CC(c2ccccc2)C(c2ccc(Cl)cc2)=N1. The summed E-state index contributed by atoms with van der Waals surface area (Å²) in [5, 5.41) is 7.23. The topological polar surface area (TPSA) is 89.8 Å². The van der Waals surface area contributed by atoms with E-state index in [1.54, 1.807) is 5.01 Å². The van der Waals surface area contributed by atoms with Gasteiger partial charge >= 0.3 is 10.2 Å². The Balaban J connectivity index is 1.66. The summed E-state index contributed by atoms with van der Waals surface area (Å²) in [7, 11) is -3.79. The van der Waals surface area contributed by atoms with E-state index in [2.05, 4.69) is 21.8 Å². The van der Waals surface area contributed by atoms with Gasteiger partial charge in [0.05, 0.1) is 32.0 Å². The molecule has 0 radical (unpaired) electrons. The van der Waals surface area contributed by atoms with Crippen LogP contribution in [0.4, 0.5) is 0 Å². The number of nitrogens with zero attached hydrogens (tertiary/aromatic N) is 5. The largest absolute Gasteiger partial charge is 0.379 e. The van der Waals surface area contributed by atoms with Crippen molar-refractivity contribution in [2.75, 3.05) is 59.0 Å². The molecule has 2 aliphatic rings. The van der Waals surface area contributed by atoms with E-state index in [1.807, 2.05) is 56.3 Å². The zero-order valence-corrected chi connectivity index (χ0v) is 23.0. The maximum atomic E-state index is 13.2. The van der Waals surface area contributed by atoms with Gasteiger partial charge in [-0.1, -0.05) is 67.9 Å². The molecule has 2 aliphatic heterocycles. The fourth-order valence-electron chi connectivity index (χ4n) is 4.49. The second-order valence-electron chi connectivity index (χ2n) is 8.89. The molecule has 1 saturated heterocycles. The van der Waals surface area contributed by atoms with Crippen LogP contribution in [-0.2, 0) is 14.9 Å². The minimum Gasteiger partial charge on any atom is -0.379 e. The summed E-state index contributed by atoms with van der Waals surface area (Å²) < 4.78 is 35.9. The summed E-state index contributed by atoms with van der Waals surface area (Å²) in [6, 6.07) is 17.7. The first-order chi connectivity index (χ1) is 17.9. The number of rotatable bonds is 9. The first-order valence-corrected chi connectivity index (χ1v) is 14.5. The molecule has 1 fully saturated rings. The molecule has 2 aromatic carbocycles. The van der Waals surface area contributed by atoms with Crippen LogP contribution >= 0.6 is 11.6 Å². The molecule has 1 unspecified atom stereocenters. The molecule has 9 nitrogen and oxygen atoms in total. The number of morpholine rings is 1. The Labute approximate surface area is 224 Å². The summed E-state index contributed by atoms with van der Waals surface area (Å²) in [5.74, 6) is 0.162. The van der Waals surface area contributed by atoms with Crippen LogP contribution in [0.15, 0.2) is 64.7 Å². The molecule has 2 aromatic rings. The predicted octanol–water partition coefficient (Wildman–Crippen LogP) is 3.01. The zero-order valence-electron chi connectivity index (χ0n) is 21.4. The standard InChI is InChI=1S/C26H35ClN6O3S/c1-3-32(4-2)37(34,35)30-26(28-14-15-31-16-18-36-19-17-31)33-20-24(21-8-6-5-7-9-21)25(29-33)22-10-12-23(27)13-11-22/h5-13,24H,3-4,14-20H2,1-2H3,(H,28,30). The van der Waals surface area contributed by atoms with E-state index < -0.39 is 10.2 Å². The van der Waals surface area contributed by atoms with Gasteiger partial charge in [-0.15, -0.1) is 0 Å². The highest BCUT2D eigenvalue weighted by Gasteiger charge is 2.33. The van der Waals surface area contributed by atoms with Gasteiger partial charge in [0.15, 0.2) is 0 Å². The number of nitrogens with one attached hydrogen (secondary N) is 1. The monoisotopic (exact) mass is 546 g/mol.